The van der Waals surface area contributed by atoms with Crippen LogP contribution >= 0.6 is 0 Å². The number of carbonyl (C=O) groups is 2. The highest BCUT2D eigenvalue weighted by Gasteiger charge is 2.07. The summed E-state index contributed by atoms with van der Waals surface area (Å²) in [6.45, 7) is 3.07. The molecule has 72 valence electrons. The van der Waals surface area contributed by atoms with Crippen LogP contribution in [0.4, 0.5) is 0 Å². The van der Waals surface area contributed by atoms with Crippen molar-refractivity contribution >= 4 is 18.1 Å². The molecule has 0 saturated heterocycles. The second-order valence-electron chi connectivity index (χ2n) is 2.08. The van der Waals surface area contributed by atoms with Gasteiger partial charge in [0.05, 0.1) is 12.9 Å². The number of rotatable bonds is 3. The fourth-order valence-corrected chi connectivity index (χ4v) is 0.514. The molecule has 0 atom stereocenters. The van der Waals surface area contributed by atoms with Crippen LogP contribution in [0.5, 0.6) is 0 Å². The number of aliphatic imine (C=N–C) groups is 1. The maximum absolute atomic E-state index is 10.9. The second-order valence-corrected chi connectivity index (χ2v) is 2.08. The van der Waals surface area contributed by atoms with Gasteiger partial charge in [0, 0.05) is 13.1 Å². The summed E-state index contributed by atoms with van der Waals surface area (Å²) >= 11 is 0. The van der Waals surface area contributed by atoms with Crippen molar-refractivity contribution in [2.75, 3.05) is 6.61 Å². The first-order valence-corrected chi connectivity index (χ1v) is 3.68. The molecular weight excluding hydrogens is 174 g/mol. The number of nitrogens with zero attached hydrogens (tertiary/aromatic N) is 1. The SMILES string of the molecule is CCOC(=O)C(C=NC(C)=O)=CO. The summed E-state index contributed by atoms with van der Waals surface area (Å²) in [7, 11) is 0. The predicted octanol–water partition coefficient (Wildman–Crippen LogP) is 0.609. The summed E-state index contributed by atoms with van der Waals surface area (Å²) in [4.78, 5) is 24.6. The monoisotopic (exact) mass is 185 g/mol. The number of ether oxygens (including phenoxy) is 1. The van der Waals surface area contributed by atoms with Crippen LogP contribution in [0.3, 0.4) is 0 Å². The van der Waals surface area contributed by atoms with Crippen molar-refractivity contribution in [2.45, 2.75) is 13.8 Å². The van der Waals surface area contributed by atoms with Crippen LogP contribution in [0.25, 0.3) is 0 Å². The van der Waals surface area contributed by atoms with Gasteiger partial charge in [-0.05, 0) is 6.92 Å². The Bertz CT molecular complexity index is 255. The fraction of sp³-hybridized carbons (Fsp3) is 0.375. The van der Waals surface area contributed by atoms with Crippen molar-refractivity contribution < 1.29 is 19.4 Å². The molecule has 0 aliphatic heterocycles. The lowest BCUT2D eigenvalue weighted by atomic mass is 10.3. The molecule has 0 aromatic carbocycles. The van der Waals surface area contributed by atoms with E-state index in [9.17, 15) is 9.59 Å². The Kier molecular flexibility index (Phi) is 5.18. The van der Waals surface area contributed by atoms with Crippen molar-refractivity contribution in [2.24, 2.45) is 4.99 Å². The Labute approximate surface area is 75.7 Å². The molecule has 5 heteroatoms. The van der Waals surface area contributed by atoms with E-state index in [1.54, 1.807) is 6.92 Å². The minimum Gasteiger partial charge on any atom is -0.515 e. The van der Waals surface area contributed by atoms with Gasteiger partial charge in [-0.3, -0.25) is 4.79 Å². The largest absolute Gasteiger partial charge is 0.515 e. The van der Waals surface area contributed by atoms with Crippen molar-refractivity contribution in [1.29, 1.82) is 0 Å². The Hall–Kier alpha value is -1.65. The number of hydrogen-bond donors (Lipinski definition) is 1. The Morgan fingerprint density at radius 2 is 2.15 bits per heavy atom. The van der Waals surface area contributed by atoms with Crippen LogP contribution in [0.15, 0.2) is 16.8 Å². The summed E-state index contributed by atoms with van der Waals surface area (Å²) in [5, 5.41) is 8.57. The second kappa shape index (κ2) is 5.93. The normalized spacial score (nSPS) is 11.7. The first kappa shape index (κ1) is 11.4. The molecule has 13 heavy (non-hydrogen) atoms. The number of esters is 1. The van der Waals surface area contributed by atoms with Gasteiger partial charge >= 0.3 is 5.97 Å². The highest BCUT2D eigenvalue weighted by molar-refractivity contribution is 6.11. The highest BCUT2D eigenvalue weighted by atomic mass is 16.5. The van der Waals surface area contributed by atoms with Gasteiger partial charge in [-0.1, -0.05) is 0 Å². The van der Waals surface area contributed by atoms with E-state index in [-0.39, 0.29) is 12.2 Å². The molecule has 0 aromatic rings. The van der Waals surface area contributed by atoms with E-state index in [2.05, 4.69) is 9.73 Å². The molecule has 0 radical (unpaired) electrons. The molecule has 0 unspecified atom stereocenters. The fourth-order valence-electron chi connectivity index (χ4n) is 0.514. The smallest absolute Gasteiger partial charge is 0.342 e. The predicted molar refractivity (Wildman–Crippen MR) is 46.5 cm³/mol. The van der Waals surface area contributed by atoms with Gasteiger partial charge in [0.25, 0.3) is 0 Å². The van der Waals surface area contributed by atoms with Crippen LogP contribution in [-0.2, 0) is 14.3 Å². The Balaban J connectivity index is 4.37. The molecule has 0 aromatic heterocycles. The molecule has 5 nitrogen and oxygen atoms in total. The minimum absolute atomic E-state index is 0.156. The molecule has 0 aliphatic rings. The molecule has 0 bridgehead atoms. The van der Waals surface area contributed by atoms with Crippen LogP contribution < -0.4 is 0 Å². The maximum atomic E-state index is 10.9. The van der Waals surface area contributed by atoms with Gasteiger partial charge in [0.2, 0.25) is 5.91 Å². The number of aliphatic hydroxyl groups excluding tert-OH is 1. The zero-order chi connectivity index (χ0) is 10.3. The highest BCUT2D eigenvalue weighted by Crippen LogP contribution is 1.93. The van der Waals surface area contributed by atoms with Gasteiger partial charge in [0.15, 0.2) is 0 Å². The average Bonchev–Trinajstić information content (AvgIpc) is 2.05. The lowest BCUT2D eigenvalue weighted by Crippen LogP contribution is -2.09. The first-order chi connectivity index (χ1) is 6.11. The standard InChI is InChI=1S/C8H11NO4/c1-3-13-8(12)7(5-10)4-9-6(2)11/h4-5,10H,3H2,1-2H3. The van der Waals surface area contributed by atoms with Crippen LogP contribution in [-0.4, -0.2) is 29.8 Å². The molecule has 0 rings (SSSR count). The van der Waals surface area contributed by atoms with Gasteiger partial charge in [-0.2, -0.15) is 0 Å². The topological polar surface area (TPSA) is 76.0 Å². The zero-order valence-corrected chi connectivity index (χ0v) is 7.48. The van der Waals surface area contributed by atoms with Gasteiger partial charge < -0.3 is 9.84 Å². The lowest BCUT2D eigenvalue weighted by molar-refractivity contribution is -0.137. The summed E-state index contributed by atoms with van der Waals surface area (Å²) in [5.74, 6) is -1.17. The van der Waals surface area contributed by atoms with Gasteiger partial charge in [-0.15, -0.1) is 0 Å². The third-order valence-corrected chi connectivity index (χ3v) is 1.04. The molecule has 0 saturated carbocycles. The molecule has 0 aliphatic carbocycles. The summed E-state index contributed by atoms with van der Waals surface area (Å²) < 4.78 is 4.56. The number of carbonyl (C=O) groups excluding carboxylic acids is 2. The van der Waals surface area contributed by atoms with Crippen molar-refractivity contribution in [1.82, 2.24) is 0 Å². The summed E-state index contributed by atoms with van der Waals surface area (Å²) in [6, 6.07) is 0. The Morgan fingerprint density at radius 3 is 2.54 bits per heavy atom. The number of aliphatic hydroxyl groups is 1. The third kappa shape index (κ3) is 4.73. The van der Waals surface area contributed by atoms with Gasteiger partial charge in [0.1, 0.15) is 5.57 Å². The van der Waals surface area contributed by atoms with Crippen molar-refractivity contribution in [3.05, 3.63) is 11.8 Å². The first-order valence-electron chi connectivity index (χ1n) is 3.68. The van der Waals surface area contributed by atoms with Crippen LogP contribution in [0.2, 0.25) is 0 Å². The van der Waals surface area contributed by atoms with Crippen molar-refractivity contribution in [3.63, 3.8) is 0 Å². The molecule has 1 amide bonds. The maximum Gasteiger partial charge on any atom is 0.342 e. The molecule has 0 heterocycles. The molecule has 0 fully saturated rings. The summed E-state index contributed by atoms with van der Waals surface area (Å²) in [6.07, 6.45) is 1.50. The zero-order valence-electron chi connectivity index (χ0n) is 7.48. The summed E-state index contributed by atoms with van der Waals surface area (Å²) in [5.41, 5.74) is -0.156. The minimum atomic E-state index is -0.713. The lowest BCUT2D eigenvalue weighted by Gasteiger charge is -1.98. The van der Waals surface area contributed by atoms with Gasteiger partial charge in [-0.25, -0.2) is 9.79 Å². The van der Waals surface area contributed by atoms with Crippen LogP contribution in [0.1, 0.15) is 13.8 Å². The van der Waals surface area contributed by atoms with E-state index >= 15 is 0 Å². The Morgan fingerprint density at radius 1 is 1.54 bits per heavy atom. The van der Waals surface area contributed by atoms with E-state index < -0.39 is 11.9 Å². The molecular formula is C8H11NO4. The van der Waals surface area contributed by atoms with Crippen LogP contribution in [0, 0.1) is 0 Å². The van der Waals surface area contributed by atoms with E-state index in [1.807, 2.05) is 0 Å². The van der Waals surface area contributed by atoms with E-state index in [1.165, 1.54) is 6.92 Å². The third-order valence-electron chi connectivity index (χ3n) is 1.04. The molecule has 0 spiro atoms. The average molecular weight is 185 g/mol. The van der Waals surface area contributed by atoms with E-state index in [4.69, 9.17) is 5.11 Å². The molecule has 1 N–H and O–H groups in total. The van der Waals surface area contributed by atoms with E-state index in [0.717, 1.165) is 6.21 Å². The quantitative estimate of drug-likeness (QED) is 0.302. The number of amides is 1. The van der Waals surface area contributed by atoms with Crippen molar-refractivity contribution in [3.8, 4) is 0 Å². The number of hydrogen-bond acceptors (Lipinski definition) is 4. The van der Waals surface area contributed by atoms with E-state index in [0.29, 0.717) is 6.26 Å².